The van der Waals surface area contributed by atoms with Crippen LogP contribution < -0.4 is 5.19 Å². The minimum atomic E-state index is 1.07. The average Bonchev–Trinajstić information content (AvgIpc) is 2.05. The summed E-state index contributed by atoms with van der Waals surface area (Å²) in [5.74, 6) is 0. The zero-order chi connectivity index (χ0) is 6.81. The minimum Gasteiger partial charge on any atom is -0.0633 e. The van der Waals surface area contributed by atoms with Crippen LogP contribution in [0, 0.1) is 0 Å². The highest BCUT2D eigenvalue weighted by Crippen LogP contribution is 2.08. The van der Waals surface area contributed by atoms with Crippen LogP contribution in [-0.2, 0) is 6.42 Å². The molecule has 1 heteroatoms. The molecule has 0 aliphatic carbocycles. The third-order valence-electron chi connectivity index (χ3n) is 1.96. The first-order valence-corrected chi connectivity index (χ1v) is 4.99. The van der Waals surface area contributed by atoms with Gasteiger partial charge in [0.2, 0.25) is 0 Å². The maximum Gasteiger partial charge on any atom is 0.0811 e. The van der Waals surface area contributed by atoms with E-state index in [0.29, 0.717) is 0 Å². The summed E-state index contributed by atoms with van der Waals surface area (Å²) in [5.41, 5.74) is 1.59. The van der Waals surface area contributed by atoms with Crippen molar-refractivity contribution in [1.29, 1.82) is 0 Å². The van der Waals surface area contributed by atoms with Crippen LogP contribution in [0.25, 0.3) is 0 Å². The van der Waals surface area contributed by atoms with Gasteiger partial charge in [-0.1, -0.05) is 41.9 Å². The largest absolute Gasteiger partial charge is 0.0811 e. The molecule has 2 radical (unpaired) electrons. The van der Waals surface area contributed by atoms with Crippen LogP contribution >= 0.6 is 0 Å². The third-order valence-corrected chi connectivity index (χ3v) is 3.43. The monoisotopic (exact) mass is 146 g/mol. The molecule has 0 amide bonds. The fourth-order valence-electron chi connectivity index (χ4n) is 1.41. The van der Waals surface area contributed by atoms with E-state index in [2.05, 4.69) is 24.3 Å². The Balaban J connectivity index is 2.41. The van der Waals surface area contributed by atoms with Gasteiger partial charge in [-0.05, 0) is 12.0 Å². The smallest absolute Gasteiger partial charge is 0.0633 e. The van der Waals surface area contributed by atoms with Gasteiger partial charge in [-0.2, -0.15) is 0 Å². The summed E-state index contributed by atoms with van der Waals surface area (Å²) in [5, 5.41) is 1.61. The van der Waals surface area contributed by atoms with Gasteiger partial charge in [-0.3, -0.25) is 0 Å². The number of fused-ring (bicyclic) bond motifs is 1. The van der Waals surface area contributed by atoms with E-state index in [0.717, 1.165) is 9.52 Å². The lowest BCUT2D eigenvalue weighted by Crippen LogP contribution is -2.23. The minimum absolute atomic E-state index is 1.07. The normalized spacial score (nSPS) is 16.4. The van der Waals surface area contributed by atoms with Crippen LogP contribution in [-0.4, -0.2) is 9.52 Å². The van der Waals surface area contributed by atoms with Crippen molar-refractivity contribution < 1.29 is 0 Å². The number of hydrogen-bond acceptors (Lipinski definition) is 0. The summed E-state index contributed by atoms with van der Waals surface area (Å²) in [6.07, 6.45) is 2.71. The molecule has 50 valence electrons. The van der Waals surface area contributed by atoms with Crippen LogP contribution in [0.4, 0.5) is 0 Å². The van der Waals surface area contributed by atoms with Crippen molar-refractivity contribution in [2.24, 2.45) is 0 Å². The second-order valence-electron chi connectivity index (χ2n) is 2.69. The Bertz CT molecular complexity index is 205. The third kappa shape index (κ3) is 1.01. The molecule has 0 aromatic heterocycles. The summed E-state index contributed by atoms with van der Waals surface area (Å²) in [7, 11) is 1.07. The van der Waals surface area contributed by atoms with Crippen molar-refractivity contribution in [2.75, 3.05) is 0 Å². The topological polar surface area (TPSA) is 0 Å². The van der Waals surface area contributed by atoms with Crippen molar-refractivity contribution in [3.63, 3.8) is 0 Å². The van der Waals surface area contributed by atoms with Crippen LogP contribution in [0.15, 0.2) is 24.3 Å². The molecule has 1 aromatic carbocycles. The van der Waals surface area contributed by atoms with E-state index in [1.807, 2.05) is 0 Å². The lowest BCUT2D eigenvalue weighted by molar-refractivity contribution is 0.907. The molecule has 0 spiro atoms. The molecule has 1 heterocycles. The number of hydrogen-bond donors (Lipinski definition) is 0. The second-order valence-corrected chi connectivity index (χ2v) is 4.08. The maximum atomic E-state index is 2.27. The van der Waals surface area contributed by atoms with E-state index in [-0.39, 0.29) is 0 Å². The van der Waals surface area contributed by atoms with Gasteiger partial charge >= 0.3 is 0 Å². The van der Waals surface area contributed by atoms with Gasteiger partial charge in [0.15, 0.2) is 0 Å². The Morgan fingerprint density at radius 3 is 3.00 bits per heavy atom. The summed E-state index contributed by atoms with van der Waals surface area (Å²) in [6.45, 7) is 0. The van der Waals surface area contributed by atoms with E-state index < -0.39 is 0 Å². The second kappa shape index (κ2) is 2.58. The van der Waals surface area contributed by atoms with Gasteiger partial charge < -0.3 is 0 Å². The Morgan fingerprint density at radius 2 is 2.10 bits per heavy atom. The van der Waals surface area contributed by atoms with Crippen molar-refractivity contribution >= 4 is 14.7 Å². The van der Waals surface area contributed by atoms with Gasteiger partial charge in [-0.15, -0.1) is 0 Å². The molecule has 0 fully saturated rings. The Kier molecular flexibility index (Phi) is 1.59. The predicted molar refractivity (Wildman–Crippen MR) is 45.0 cm³/mol. The summed E-state index contributed by atoms with van der Waals surface area (Å²) >= 11 is 0. The quantitative estimate of drug-likeness (QED) is 0.485. The fraction of sp³-hybridized carbons (Fsp3) is 0.333. The molecule has 0 unspecified atom stereocenters. The molecule has 1 aliphatic heterocycles. The van der Waals surface area contributed by atoms with Crippen molar-refractivity contribution in [3.05, 3.63) is 29.8 Å². The first-order valence-electron chi connectivity index (χ1n) is 3.78. The zero-order valence-electron chi connectivity index (χ0n) is 5.93. The van der Waals surface area contributed by atoms with Gasteiger partial charge in [0.1, 0.15) is 0 Å². The molecule has 0 bridgehead atoms. The summed E-state index contributed by atoms with van der Waals surface area (Å²) < 4.78 is 0. The molecule has 0 saturated heterocycles. The molecular weight excluding hydrogens is 136 g/mol. The van der Waals surface area contributed by atoms with Crippen LogP contribution in [0.5, 0.6) is 0 Å². The molecular formula is C9H10Si. The molecule has 0 atom stereocenters. The highest BCUT2D eigenvalue weighted by atomic mass is 28.2. The van der Waals surface area contributed by atoms with Gasteiger partial charge in [0.25, 0.3) is 0 Å². The first kappa shape index (κ1) is 6.17. The molecule has 0 nitrogen and oxygen atoms in total. The molecule has 2 rings (SSSR count). The Hall–Kier alpha value is -0.563. The number of aryl methyl sites for hydroxylation is 1. The maximum absolute atomic E-state index is 2.27. The molecule has 0 saturated carbocycles. The molecule has 1 aliphatic rings. The SMILES string of the molecule is c1ccc2c(c1)CCC[Si]2. The standard InChI is InChI=1S/C9H10Si/c1-2-6-9-8(4-1)5-3-7-10-9/h1-2,4,6H,3,5,7H2. The zero-order valence-corrected chi connectivity index (χ0v) is 6.93. The molecule has 0 N–H and O–H groups in total. The predicted octanol–water partition coefficient (Wildman–Crippen LogP) is 1.38. The highest BCUT2D eigenvalue weighted by molar-refractivity contribution is 6.54. The van der Waals surface area contributed by atoms with Gasteiger partial charge in [0.05, 0.1) is 9.52 Å². The molecule has 10 heavy (non-hydrogen) atoms. The number of rotatable bonds is 0. The molecule has 1 aromatic rings. The number of benzene rings is 1. The van der Waals surface area contributed by atoms with Crippen LogP contribution in [0.1, 0.15) is 12.0 Å². The van der Waals surface area contributed by atoms with E-state index >= 15 is 0 Å². The van der Waals surface area contributed by atoms with Gasteiger partial charge in [0, 0.05) is 0 Å². The summed E-state index contributed by atoms with van der Waals surface area (Å²) in [6, 6.07) is 10.2. The van der Waals surface area contributed by atoms with E-state index in [1.54, 1.807) is 10.8 Å². The lowest BCUT2D eigenvalue weighted by Gasteiger charge is -2.13. The van der Waals surface area contributed by atoms with Gasteiger partial charge in [-0.25, -0.2) is 0 Å². The van der Waals surface area contributed by atoms with Crippen molar-refractivity contribution in [3.8, 4) is 0 Å². The van der Waals surface area contributed by atoms with E-state index in [9.17, 15) is 0 Å². The first-order chi connectivity index (χ1) is 4.97. The van der Waals surface area contributed by atoms with E-state index in [1.165, 1.54) is 18.9 Å². The summed E-state index contributed by atoms with van der Waals surface area (Å²) in [4.78, 5) is 0. The van der Waals surface area contributed by atoms with Crippen molar-refractivity contribution in [1.82, 2.24) is 0 Å². The fourth-order valence-corrected chi connectivity index (χ4v) is 2.69. The average molecular weight is 146 g/mol. The van der Waals surface area contributed by atoms with Crippen LogP contribution in [0.3, 0.4) is 0 Å². The van der Waals surface area contributed by atoms with E-state index in [4.69, 9.17) is 0 Å². The Labute approximate surface area is 64.1 Å². The highest BCUT2D eigenvalue weighted by Gasteiger charge is 2.06. The Morgan fingerprint density at radius 1 is 1.20 bits per heavy atom. The lowest BCUT2D eigenvalue weighted by atomic mass is 10.1. The van der Waals surface area contributed by atoms with Crippen LogP contribution in [0.2, 0.25) is 6.04 Å². The van der Waals surface area contributed by atoms with Crippen molar-refractivity contribution in [2.45, 2.75) is 18.9 Å².